The van der Waals surface area contributed by atoms with Crippen LogP contribution in [0.3, 0.4) is 0 Å². The summed E-state index contributed by atoms with van der Waals surface area (Å²) < 4.78 is 5.23. The molecule has 1 heterocycles. The minimum absolute atomic E-state index is 0.0496. The molecule has 3 N–H and O–H groups in total. The number of benzene rings is 2. The van der Waals surface area contributed by atoms with E-state index in [4.69, 9.17) is 9.84 Å². The minimum Gasteiger partial charge on any atom is -0.497 e. The minimum atomic E-state index is -0.108. The number of aromatic amines is 1. The number of methoxy groups -OCH3 is 1. The van der Waals surface area contributed by atoms with Gasteiger partial charge in [-0.15, -0.1) is 0 Å². The van der Waals surface area contributed by atoms with E-state index in [0.29, 0.717) is 5.69 Å². The van der Waals surface area contributed by atoms with Crippen molar-refractivity contribution in [3.05, 3.63) is 59.8 Å². The molecule has 5 heteroatoms. The zero-order valence-electron chi connectivity index (χ0n) is 12.8. The Labute approximate surface area is 133 Å². The summed E-state index contributed by atoms with van der Waals surface area (Å²) in [7, 11) is 1.62. The zero-order valence-corrected chi connectivity index (χ0v) is 12.8. The number of ether oxygens (including phenoxy) is 1. The monoisotopic (exact) mass is 310 g/mol. The maximum Gasteiger partial charge on any atom is 0.228 e. The molecule has 0 aliphatic heterocycles. The molecule has 1 amide bonds. The van der Waals surface area contributed by atoms with E-state index in [9.17, 15) is 4.79 Å². The SMILES string of the molecule is COc1ccc2[nH]cc(CC(=O)Nc3cccc(CO)c3)c2c1. The Morgan fingerprint density at radius 2 is 2.13 bits per heavy atom. The van der Waals surface area contributed by atoms with E-state index in [0.717, 1.165) is 27.8 Å². The van der Waals surface area contributed by atoms with Crippen molar-refractivity contribution in [3.8, 4) is 5.75 Å². The van der Waals surface area contributed by atoms with Crippen molar-refractivity contribution in [2.24, 2.45) is 0 Å². The van der Waals surface area contributed by atoms with E-state index in [2.05, 4.69) is 10.3 Å². The number of fused-ring (bicyclic) bond motifs is 1. The molecule has 118 valence electrons. The van der Waals surface area contributed by atoms with Crippen molar-refractivity contribution >= 4 is 22.5 Å². The smallest absolute Gasteiger partial charge is 0.228 e. The van der Waals surface area contributed by atoms with Crippen LogP contribution in [0.15, 0.2) is 48.7 Å². The first-order chi connectivity index (χ1) is 11.2. The molecule has 5 nitrogen and oxygen atoms in total. The number of aromatic nitrogens is 1. The van der Waals surface area contributed by atoms with Gasteiger partial charge in [0.05, 0.1) is 20.1 Å². The Kier molecular flexibility index (Phi) is 4.30. The molecule has 1 aromatic heterocycles. The highest BCUT2D eigenvalue weighted by Crippen LogP contribution is 2.24. The van der Waals surface area contributed by atoms with E-state index in [1.165, 1.54) is 0 Å². The first-order valence-electron chi connectivity index (χ1n) is 7.33. The number of nitrogens with one attached hydrogen (secondary N) is 2. The van der Waals surface area contributed by atoms with Crippen molar-refractivity contribution in [2.75, 3.05) is 12.4 Å². The van der Waals surface area contributed by atoms with Crippen LogP contribution in [0.25, 0.3) is 10.9 Å². The van der Waals surface area contributed by atoms with Crippen LogP contribution in [0.5, 0.6) is 5.75 Å². The maximum absolute atomic E-state index is 12.3. The summed E-state index contributed by atoms with van der Waals surface area (Å²) >= 11 is 0. The molecule has 3 rings (SSSR count). The van der Waals surface area contributed by atoms with Crippen molar-refractivity contribution in [2.45, 2.75) is 13.0 Å². The highest BCUT2D eigenvalue weighted by atomic mass is 16.5. The highest BCUT2D eigenvalue weighted by molar-refractivity contribution is 5.96. The molecule has 0 atom stereocenters. The molecular formula is C18H18N2O3. The van der Waals surface area contributed by atoms with Crippen LogP contribution in [0, 0.1) is 0 Å². The summed E-state index contributed by atoms with van der Waals surface area (Å²) in [6, 6.07) is 12.9. The lowest BCUT2D eigenvalue weighted by Crippen LogP contribution is -2.14. The van der Waals surface area contributed by atoms with Crippen molar-refractivity contribution < 1.29 is 14.6 Å². The molecule has 2 aromatic carbocycles. The molecule has 3 aromatic rings. The zero-order chi connectivity index (χ0) is 16.2. The number of hydrogen-bond acceptors (Lipinski definition) is 3. The summed E-state index contributed by atoms with van der Waals surface area (Å²) in [5, 5.41) is 13.0. The molecule has 0 saturated carbocycles. The molecule has 0 aliphatic rings. The molecule has 23 heavy (non-hydrogen) atoms. The fraction of sp³-hybridized carbons (Fsp3) is 0.167. The van der Waals surface area contributed by atoms with Gasteiger partial charge in [0.1, 0.15) is 5.75 Å². The van der Waals surface area contributed by atoms with Gasteiger partial charge in [-0.1, -0.05) is 12.1 Å². The second-order valence-corrected chi connectivity index (χ2v) is 5.31. The van der Waals surface area contributed by atoms with Crippen molar-refractivity contribution in [3.63, 3.8) is 0 Å². The summed E-state index contributed by atoms with van der Waals surface area (Å²) in [4.78, 5) is 15.4. The quantitative estimate of drug-likeness (QED) is 0.678. The van der Waals surface area contributed by atoms with Gasteiger partial charge in [0, 0.05) is 22.8 Å². The first kappa shape index (κ1) is 15.1. The molecule has 0 radical (unpaired) electrons. The van der Waals surface area contributed by atoms with E-state index in [-0.39, 0.29) is 18.9 Å². The van der Waals surface area contributed by atoms with E-state index >= 15 is 0 Å². The number of anilines is 1. The fourth-order valence-corrected chi connectivity index (χ4v) is 2.56. The lowest BCUT2D eigenvalue weighted by Gasteiger charge is -2.06. The molecular weight excluding hydrogens is 292 g/mol. The second-order valence-electron chi connectivity index (χ2n) is 5.31. The summed E-state index contributed by atoms with van der Waals surface area (Å²) in [6.45, 7) is -0.0496. The van der Waals surface area contributed by atoms with Gasteiger partial charge in [-0.2, -0.15) is 0 Å². The number of amides is 1. The van der Waals surface area contributed by atoms with Crippen LogP contribution in [-0.4, -0.2) is 23.1 Å². The largest absolute Gasteiger partial charge is 0.497 e. The van der Waals surface area contributed by atoms with Gasteiger partial charge in [0.2, 0.25) is 5.91 Å². The Bertz CT molecular complexity index is 839. The predicted molar refractivity (Wildman–Crippen MR) is 89.5 cm³/mol. The molecule has 0 spiro atoms. The standard InChI is InChI=1S/C18H18N2O3/c1-23-15-5-6-17-16(9-15)13(10-19-17)8-18(22)20-14-4-2-3-12(7-14)11-21/h2-7,9-10,19,21H,8,11H2,1H3,(H,20,22). The van der Waals surface area contributed by atoms with E-state index < -0.39 is 0 Å². The summed E-state index contributed by atoms with van der Waals surface area (Å²) in [5.41, 5.74) is 3.32. The molecule has 0 bridgehead atoms. The number of H-pyrrole nitrogens is 1. The number of rotatable bonds is 5. The number of carbonyl (C=O) groups excluding carboxylic acids is 1. The third-order valence-electron chi connectivity index (χ3n) is 3.72. The molecule has 0 aliphatic carbocycles. The fourth-order valence-electron chi connectivity index (χ4n) is 2.56. The molecule has 0 saturated heterocycles. The van der Waals surface area contributed by atoms with Gasteiger partial charge < -0.3 is 20.1 Å². The van der Waals surface area contributed by atoms with Gasteiger partial charge in [-0.25, -0.2) is 0 Å². The van der Waals surface area contributed by atoms with Crippen LogP contribution in [0.4, 0.5) is 5.69 Å². The third kappa shape index (κ3) is 3.35. The number of aliphatic hydroxyl groups excluding tert-OH is 1. The normalized spacial score (nSPS) is 10.7. The maximum atomic E-state index is 12.3. The van der Waals surface area contributed by atoms with Crippen LogP contribution in [0.1, 0.15) is 11.1 Å². The second kappa shape index (κ2) is 6.54. The Hall–Kier alpha value is -2.79. The lowest BCUT2D eigenvalue weighted by atomic mass is 10.1. The van der Waals surface area contributed by atoms with Crippen LogP contribution in [-0.2, 0) is 17.8 Å². The highest BCUT2D eigenvalue weighted by Gasteiger charge is 2.10. The van der Waals surface area contributed by atoms with Gasteiger partial charge in [0.15, 0.2) is 0 Å². The van der Waals surface area contributed by atoms with Crippen LogP contribution in [0.2, 0.25) is 0 Å². The van der Waals surface area contributed by atoms with Crippen LogP contribution >= 0.6 is 0 Å². The number of carbonyl (C=O) groups is 1. The average molecular weight is 310 g/mol. The van der Waals surface area contributed by atoms with Gasteiger partial charge >= 0.3 is 0 Å². The van der Waals surface area contributed by atoms with E-state index in [1.54, 1.807) is 25.3 Å². The van der Waals surface area contributed by atoms with Crippen molar-refractivity contribution in [1.29, 1.82) is 0 Å². The van der Waals surface area contributed by atoms with Gasteiger partial charge in [-0.3, -0.25) is 4.79 Å². The molecule has 0 fully saturated rings. The summed E-state index contributed by atoms with van der Waals surface area (Å²) in [6.07, 6.45) is 2.10. The number of hydrogen-bond donors (Lipinski definition) is 3. The van der Waals surface area contributed by atoms with Crippen molar-refractivity contribution in [1.82, 2.24) is 4.98 Å². The van der Waals surface area contributed by atoms with Gasteiger partial charge in [-0.05, 0) is 41.5 Å². The topological polar surface area (TPSA) is 74.4 Å². The number of aliphatic hydroxyl groups is 1. The van der Waals surface area contributed by atoms with Crippen LogP contribution < -0.4 is 10.1 Å². The third-order valence-corrected chi connectivity index (χ3v) is 3.72. The predicted octanol–water partition coefficient (Wildman–Crippen LogP) is 2.85. The summed E-state index contributed by atoms with van der Waals surface area (Å²) in [5.74, 6) is 0.651. The molecule has 0 unspecified atom stereocenters. The average Bonchev–Trinajstić information content (AvgIpc) is 2.97. The Morgan fingerprint density at radius 3 is 2.91 bits per heavy atom. The van der Waals surface area contributed by atoms with Gasteiger partial charge in [0.25, 0.3) is 0 Å². The van der Waals surface area contributed by atoms with E-state index in [1.807, 2.05) is 30.5 Å². The lowest BCUT2D eigenvalue weighted by molar-refractivity contribution is -0.115. The first-order valence-corrected chi connectivity index (χ1v) is 7.33. The Morgan fingerprint density at radius 1 is 1.26 bits per heavy atom. The Balaban J connectivity index is 1.77.